The second kappa shape index (κ2) is 7.44. The number of carbonyl (C=O) groups is 1. The number of aromatic nitrogens is 2. The Morgan fingerprint density at radius 3 is 2.52 bits per heavy atom. The monoisotopic (exact) mass is 334 g/mol. The average molecular weight is 334 g/mol. The number of nitrogens with zero attached hydrogens (tertiary/aromatic N) is 2. The summed E-state index contributed by atoms with van der Waals surface area (Å²) in [4.78, 5) is 12.2. The average Bonchev–Trinajstić information content (AvgIpc) is 3.17. The van der Waals surface area contributed by atoms with Crippen molar-refractivity contribution >= 4 is 11.6 Å². The zero-order chi connectivity index (χ0) is 17.6. The Hall–Kier alpha value is -3.41. The van der Waals surface area contributed by atoms with Crippen LogP contribution in [0.5, 0.6) is 5.75 Å². The summed E-state index contributed by atoms with van der Waals surface area (Å²) in [6.45, 7) is 1.82. The van der Waals surface area contributed by atoms with Gasteiger partial charge in [0.2, 0.25) is 0 Å². The summed E-state index contributed by atoms with van der Waals surface area (Å²) in [5, 5.41) is 11.0. The number of hydrogen-bond acceptors (Lipinski definition) is 4. The molecular weight excluding hydrogens is 316 g/mol. The second-order valence-electron chi connectivity index (χ2n) is 5.40. The van der Waals surface area contributed by atoms with E-state index in [-0.39, 0.29) is 5.91 Å². The van der Waals surface area contributed by atoms with E-state index in [0.717, 1.165) is 16.9 Å². The molecule has 0 bridgehead atoms. The van der Waals surface area contributed by atoms with Gasteiger partial charge in [-0.2, -0.15) is 10.2 Å². The van der Waals surface area contributed by atoms with E-state index in [0.29, 0.717) is 17.1 Å². The second-order valence-corrected chi connectivity index (χ2v) is 5.40. The van der Waals surface area contributed by atoms with Gasteiger partial charge in [-0.3, -0.25) is 9.89 Å². The van der Waals surface area contributed by atoms with Gasteiger partial charge in [0.15, 0.2) is 0 Å². The first-order valence-corrected chi connectivity index (χ1v) is 7.77. The number of H-pyrrole nitrogens is 1. The molecule has 0 aliphatic heterocycles. The lowest BCUT2D eigenvalue weighted by molar-refractivity contribution is 0.0950. The molecule has 0 atom stereocenters. The molecule has 126 valence electrons. The van der Waals surface area contributed by atoms with Crippen LogP contribution in [0.25, 0.3) is 11.3 Å². The number of rotatable bonds is 5. The molecule has 6 nitrogen and oxygen atoms in total. The fourth-order valence-corrected chi connectivity index (χ4v) is 2.29. The van der Waals surface area contributed by atoms with E-state index in [1.807, 2.05) is 61.5 Å². The highest BCUT2D eigenvalue weighted by Crippen LogP contribution is 2.17. The van der Waals surface area contributed by atoms with Crippen LogP contribution in [0, 0.1) is 0 Å². The first kappa shape index (κ1) is 16.4. The summed E-state index contributed by atoms with van der Waals surface area (Å²) in [5.41, 5.74) is 6.13. The predicted octanol–water partition coefficient (Wildman–Crippen LogP) is 3.24. The SMILES string of the molecule is COc1ccc(/C(C)=N\NC(=O)c2cc(-c3ccccc3)n[nH]2)cc1. The summed E-state index contributed by atoms with van der Waals surface area (Å²) in [5.74, 6) is 0.425. The maximum absolute atomic E-state index is 12.2. The molecule has 2 N–H and O–H groups in total. The highest BCUT2D eigenvalue weighted by molar-refractivity contribution is 6.00. The van der Waals surface area contributed by atoms with E-state index < -0.39 is 0 Å². The Balaban J connectivity index is 1.68. The van der Waals surface area contributed by atoms with Crippen molar-refractivity contribution in [3.8, 4) is 17.0 Å². The van der Waals surface area contributed by atoms with Crippen molar-refractivity contribution in [1.29, 1.82) is 0 Å². The minimum absolute atomic E-state index is 0.345. The molecule has 2 aromatic carbocycles. The Bertz CT molecular complexity index is 883. The molecule has 0 fully saturated rings. The topological polar surface area (TPSA) is 79.4 Å². The predicted molar refractivity (Wildman–Crippen MR) is 96.7 cm³/mol. The van der Waals surface area contributed by atoms with Crippen molar-refractivity contribution in [2.75, 3.05) is 7.11 Å². The number of ether oxygens (including phenoxy) is 1. The molecular formula is C19H18N4O2. The molecule has 0 aliphatic rings. The fourth-order valence-electron chi connectivity index (χ4n) is 2.29. The van der Waals surface area contributed by atoms with Gasteiger partial charge in [-0.15, -0.1) is 0 Å². The Labute approximate surface area is 145 Å². The molecule has 3 rings (SSSR count). The van der Waals surface area contributed by atoms with Crippen molar-refractivity contribution in [3.63, 3.8) is 0 Å². The molecule has 1 aromatic heterocycles. The highest BCUT2D eigenvalue weighted by atomic mass is 16.5. The Kier molecular flexibility index (Phi) is 4.89. The Morgan fingerprint density at radius 1 is 1.12 bits per heavy atom. The number of benzene rings is 2. The van der Waals surface area contributed by atoms with Crippen LogP contribution >= 0.6 is 0 Å². The van der Waals surface area contributed by atoms with Crippen LogP contribution in [0.3, 0.4) is 0 Å². The first-order valence-electron chi connectivity index (χ1n) is 7.77. The van der Waals surface area contributed by atoms with E-state index in [2.05, 4.69) is 20.7 Å². The van der Waals surface area contributed by atoms with Gasteiger partial charge >= 0.3 is 0 Å². The van der Waals surface area contributed by atoms with Crippen LogP contribution in [0.2, 0.25) is 0 Å². The summed E-state index contributed by atoms with van der Waals surface area (Å²) in [6.07, 6.45) is 0. The van der Waals surface area contributed by atoms with Gasteiger partial charge in [0.25, 0.3) is 5.91 Å². The maximum Gasteiger partial charge on any atom is 0.289 e. The number of hydrogen-bond donors (Lipinski definition) is 2. The van der Waals surface area contributed by atoms with Crippen LogP contribution in [0.1, 0.15) is 23.0 Å². The van der Waals surface area contributed by atoms with Crippen LogP contribution in [0.15, 0.2) is 65.8 Å². The molecule has 1 heterocycles. The van der Waals surface area contributed by atoms with Gasteiger partial charge < -0.3 is 4.74 Å². The third-order valence-corrected chi connectivity index (χ3v) is 3.72. The van der Waals surface area contributed by atoms with Crippen molar-refractivity contribution in [2.45, 2.75) is 6.92 Å². The number of methoxy groups -OCH3 is 1. The smallest absolute Gasteiger partial charge is 0.289 e. The van der Waals surface area contributed by atoms with Crippen molar-refractivity contribution in [2.24, 2.45) is 5.10 Å². The lowest BCUT2D eigenvalue weighted by Crippen LogP contribution is -2.19. The van der Waals surface area contributed by atoms with Gasteiger partial charge in [0.1, 0.15) is 11.4 Å². The van der Waals surface area contributed by atoms with Gasteiger partial charge in [0, 0.05) is 5.56 Å². The molecule has 0 aliphatic carbocycles. The lowest BCUT2D eigenvalue weighted by Gasteiger charge is -2.03. The normalized spacial score (nSPS) is 11.2. The summed E-state index contributed by atoms with van der Waals surface area (Å²) < 4.78 is 5.12. The van der Waals surface area contributed by atoms with Crippen molar-refractivity contribution in [3.05, 3.63) is 71.9 Å². The van der Waals surface area contributed by atoms with Crippen molar-refractivity contribution < 1.29 is 9.53 Å². The summed E-state index contributed by atoms with van der Waals surface area (Å²) in [7, 11) is 1.62. The minimum atomic E-state index is -0.345. The molecule has 0 unspecified atom stereocenters. The van der Waals surface area contributed by atoms with Crippen LogP contribution in [-0.2, 0) is 0 Å². The number of hydrazone groups is 1. The molecule has 0 spiro atoms. The number of aromatic amines is 1. The van der Waals surface area contributed by atoms with Crippen LogP contribution in [-0.4, -0.2) is 28.9 Å². The zero-order valence-corrected chi connectivity index (χ0v) is 14.0. The quantitative estimate of drug-likeness (QED) is 0.555. The lowest BCUT2D eigenvalue weighted by atomic mass is 10.1. The number of carbonyl (C=O) groups excluding carboxylic acids is 1. The van der Waals surface area contributed by atoms with Gasteiger partial charge in [-0.25, -0.2) is 5.43 Å². The maximum atomic E-state index is 12.2. The van der Waals surface area contributed by atoms with Gasteiger partial charge in [-0.05, 0) is 42.8 Å². The molecule has 25 heavy (non-hydrogen) atoms. The molecule has 3 aromatic rings. The summed E-state index contributed by atoms with van der Waals surface area (Å²) in [6, 6.07) is 18.8. The van der Waals surface area contributed by atoms with E-state index in [1.165, 1.54) is 0 Å². The van der Waals surface area contributed by atoms with E-state index in [4.69, 9.17) is 4.74 Å². The highest BCUT2D eigenvalue weighted by Gasteiger charge is 2.10. The van der Waals surface area contributed by atoms with Crippen molar-refractivity contribution in [1.82, 2.24) is 15.6 Å². The number of amides is 1. The summed E-state index contributed by atoms with van der Waals surface area (Å²) >= 11 is 0. The van der Waals surface area contributed by atoms with Crippen LogP contribution < -0.4 is 10.2 Å². The van der Waals surface area contributed by atoms with E-state index in [9.17, 15) is 4.79 Å². The van der Waals surface area contributed by atoms with Gasteiger partial charge in [-0.1, -0.05) is 30.3 Å². The number of nitrogens with one attached hydrogen (secondary N) is 2. The minimum Gasteiger partial charge on any atom is -0.497 e. The van der Waals surface area contributed by atoms with Crippen LogP contribution in [0.4, 0.5) is 0 Å². The molecule has 0 saturated heterocycles. The fraction of sp³-hybridized carbons (Fsp3) is 0.105. The zero-order valence-electron chi connectivity index (χ0n) is 14.0. The third-order valence-electron chi connectivity index (χ3n) is 3.72. The Morgan fingerprint density at radius 2 is 1.84 bits per heavy atom. The van der Waals surface area contributed by atoms with E-state index in [1.54, 1.807) is 13.2 Å². The molecule has 6 heteroatoms. The molecule has 1 amide bonds. The largest absolute Gasteiger partial charge is 0.497 e. The van der Waals surface area contributed by atoms with Gasteiger partial charge in [0.05, 0.1) is 18.5 Å². The van der Waals surface area contributed by atoms with E-state index >= 15 is 0 Å². The third kappa shape index (κ3) is 3.92. The standard InChI is InChI=1S/C19H18N4O2/c1-13(14-8-10-16(25-2)11-9-14)20-23-19(24)18-12-17(21-22-18)15-6-4-3-5-7-15/h3-12H,1-2H3,(H,21,22)(H,23,24)/b20-13-. The molecule has 0 radical (unpaired) electrons. The molecule has 0 saturated carbocycles. The first-order chi connectivity index (χ1) is 12.2.